The molecular formula is C18H17Cl2N3O4. The van der Waals surface area contributed by atoms with Crippen LogP contribution in [0, 0.1) is 5.92 Å². The maximum atomic E-state index is 12.6. The van der Waals surface area contributed by atoms with Gasteiger partial charge < -0.3 is 13.9 Å². The topological polar surface area (TPSA) is 82.3 Å². The van der Waals surface area contributed by atoms with E-state index in [0.29, 0.717) is 32.8 Å². The number of aromatic nitrogens is 2. The number of rotatable bonds is 3. The van der Waals surface area contributed by atoms with Crippen LogP contribution in [-0.4, -0.2) is 41.3 Å². The molecule has 0 aromatic carbocycles. The maximum Gasteiger partial charge on any atom is 0.336 e. The predicted octanol–water partition coefficient (Wildman–Crippen LogP) is 3.44. The zero-order valence-electron chi connectivity index (χ0n) is 15.1. The van der Waals surface area contributed by atoms with E-state index in [9.17, 15) is 9.59 Å². The van der Waals surface area contributed by atoms with Crippen LogP contribution in [0.15, 0.2) is 34.7 Å². The van der Waals surface area contributed by atoms with E-state index < -0.39 is 23.8 Å². The normalized spacial score (nSPS) is 19.9. The highest BCUT2D eigenvalue weighted by Gasteiger charge is 2.43. The Morgan fingerprint density at radius 1 is 1.19 bits per heavy atom. The zero-order chi connectivity index (χ0) is 19.9. The minimum absolute atomic E-state index is 0.261. The molecule has 0 saturated heterocycles. The molecule has 0 saturated carbocycles. The number of hydrogen-bond donors (Lipinski definition) is 0. The summed E-state index contributed by atoms with van der Waals surface area (Å²) < 4.78 is 11.6. The van der Waals surface area contributed by atoms with Crippen LogP contribution in [0.5, 0.6) is 0 Å². The molecule has 2 aromatic rings. The Morgan fingerprint density at radius 3 is 2.52 bits per heavy atom. The van der Waals surface area contributed by atoms with E-state index in [-0.39, 0.29) is 5.57 Å². The largest absolute Gasteiger partial charge is 0.468 e. The SMILES string of the molecule is COC(=O)C1=C(C)N=C(C)C(C(=O)OC)C1c1cnc2c(Cl)cc(Cl)cn12. The van der Waals surface area contributed by atoms with Crippen molar-refractivity contribution in [2.45, 2.75) is 19.8 Å². The van der Waals surface area contributed by atoms with Gasteiger partial charge in [-0.15, -0.1) is 0 Å². The molecule has 27 heavy (non-hydrogen) atoms. The van der Waals surface area contributed by atoms with E-state index in [4.69, 9.17) is 32.7 Å². The Hall–Kier alpha value is -2.38. The van der Waals surface area contributed by atoms with Gasteiger partial charge >= 0.3 is 11.9 Å². The van der Waals surface area contributed by atoms with Crippen molar-refractivity contribution in [2.24, 2.45) is 10.9 Å². The summed E-state index contributed by atoms with van der Waals surface area (Å²) in [6.07, 6.45) is 3.19. The minimum atomic E-state index is -0.814. The predicted molar refractivity (Wildman–Crippen MR) is 101 cm³/mol. The van der Waals surface area contributed by atoms with Gasteiger partial charge in [0, 0.05) is 23.8 Å². The van der Waals surface area contributed by atoms with Gasteiger partial charge in [-0.05, 0) is 19.9 Å². The molecule has 0 radical (unpaired) electrons. The summed E-state index contributed by atoms with van der Waals surface area (Å²) in [5.41, 5.74) is 2.27. The van der Waals surface area contributed by atoms with Crippen molar-refractivity contribution >= 4 is 46.5 Å². The quantitative estimate of drug-likeness (QED) is 0.725. The van der Waals surface area contributed by atoms with Gasteiger partial charge in [0.05, 0.1) is 41.4 Å². The highest BCUT2D eigenvalue weighted by atomic mass is 35.5. The lowest BCUT2D eigenvalue weighted by Gasteiger charge is -2.30. The molecule has 0 fully saturated rings. The highest BCUT2D eigenvalue weighted by molar-refractivity contribution is 6.36. The summed E-state index contributed by atoms with van der Waals surface area (Å²) in [5.74, 6) is -2.62. The van der Waals surface area contributed by atoms with Crippen LogP contribution in [-0.2, 0) is 19.1 Å². The molecule has 0 N–H and O–H groups in total. The summed E-state index contributed by atoms with van der Waals surface area (Å²) in [7, 11) is 2.57. The second-order valence-corrected chi connectivity index (χ2v) is 6.95. The van der Waals surface area contributed by atoms with E-state index in [2.05, 4.69) is 9.98 Å². The van der Waals surface area contributed by atoms with Crippen LogP contribution < -0.4 is 0 Å². The van der Waals surface area contributed by atoms with Crippen molar-refractivity contribution in [2.75, 3.05) is 14.2 Å². The number of esters is 2. The van der Waals surface area contributed by atoms with Crippen LogP contribution in [0.25, 0.3) is 5.65 Å². The molecule has 142 valence electrons. The molecule has 0 bridgehead atoms. The van der Waals surface area contributed by atoms with Gasteiger partial charge in [0.15, 0.2) is 5.65 Å². The third kappa shape index (κ3) is 3.21. The van der Waals surface area contributed by atoms with Gasteiger partial charge in [0.25, 0.3) is 0 Å². The van der Waals surface area contributed by atoms with Gasteiger partial charge in [-0.1, -0.05) is 23.2 Å². The third-order valence-corrected chi connectivity index (χ3v) is 5.05. The fourth-order valence-electron chi connectivity index (χ4n) is 3.43. The molecule has 0 aliphatic carbocycles. The Balaban J connectivity index is 2.32. The number of nitrogens with zero attached hydrogens (tertiary/aromatic N) is 3. The number of aliphatic imine (C=N–C) groups is 1. The van der Waals surface area contributed by atoms with Gasteiger partial charge in [-0.2, -0.15) is 0 Å². The first-order valence-corrected chi connectivity index (χ1v) is 8.79. The van der Waals surface area contributed by atoms with Gasteiger partial charge in [-0.3, -0.25) is 9.79 Å². The van der Waals surface area contributed by atoms with Gasteiger partial charge in [0.1, 0.15) is 5.92 Å². The van der Waals surface area contributed by atoms with Crippen LogP contribution in [0.1, 0.15) is 25.5 Å². The summed E-state index contributed by atoms with van der Waals surface area (Å²) >= 11 is 12.4. The molecule has 2 atom stereocenters. The van der Waals surface area contributed by atoms with Crippen molar-refractivity contribution in [3.05, 3.63) is 45.5 Å². The Bertz CT molecular complexity index is 1010. The molecule has 9 heteroatoms. The second kappa shape index (κ2) is 7.32. The first kappa shape index (κ1) is 19.4. The van der Waals surface area contributed by atoms with Crippen LogP contribution in [0.2, 0.25) is 10.0 Å². The number of carbonyl (C=O) groups excluding carboxylic acids is 2. The average Bonchev–Trinajstić information content (AvgIpc) is 3.03. The first-order valence-electron chi connectivity index (χ1n) is 8.04. The second-order valence-electron chi connectivity index (χ2n) is 6.11. The monoisotopic (exact) mass is 409 g/mol. The third-order valence-electron chi connectivity index (χ3n) is 4.56. The Morgan fingerprint density at radius 2 is 1.89 bits per heavy atom. The minimum Gasteiger partial charge on any atom is -0.468 e. The van der Waals surface area contributed by atoms with E-state index in [1.807, 2.05) is 0 Å². The number of fused-ring (bicyclic) bond motifs is 1. The van der Waals surface area contributed by atoms with E-state index >= 15 is 0 Å². The number of pyridine rings is 1. The lowest BCUT2D eigenvalue weighted by atomic mass is 9.78. The fraction of sp³-hybridized carbons (Fsp3) is 0.333. The summed E-state index contributed by atoms with van der Waals surface area (Å²) in [4.78, 5) is 33.8. The molecule has 2 aromatic heterocycles. The lowest BCUT2D eigenvalue weighted by molar-refractivity contribution is -0.143. The average molecular weight is 410 g/mol. The number of methoxy groups -OCH3 is 2. The van der Waals surface area contributed by atoms with Crippen molar-refractivity contribution in [1.82, 2.24) is 9.38 Å². The number of carbonyl (C=O) groups is 2. The molecule has 0 amide bonds. The molecule has 1 aliphatic heterocycles. The van der Waals surface area contributed by atoms with E-state index in [0.717, 1.165) is 0 Å². The smallest absolute Gasteiger partial charge is 0.336 e. The maximum absolute atomic E-state index is 12.6. The number of ether oxygens (including phenoxy) is 2. The fourth-order valence-corrected chi connectivity index (χ4v) is 3.95. The van der Waals surface area contributed by atoms with Crippen LogP contribution in [0.4, 0.5) is 0 Å². The summed E-state index contributed by atoms with van der Waals surface area (Å²) in [6, 6.07) is 1.57. The number of imidazole rings is 1. The molecule has 0 spiro atoms. The Labute approximate surface area is 165 Å². The molecule has 3 rings (SSSR count). The molecule has 3 heterocycles. The van der Waals surface area contributed by atoms with E-state index in [1.54, 1.807) is 36.7 Å². The van der Waals surface area contributed by atoms with Crippen molar-refractivity contribution < 1.29 is 19.1 Å². The number of halogens is 2. The van der Waals surface area contributed by atoms with Crippen molar-refractivity contribution in [3.63, 3.8) is 0 Å². The molecular weight excluding hydrogens is 393 g/mol. The number of hydrogen-bond acceptors (Lipinski definition) is 6. The highest BCUT2D eigenvalue weighted by Crippen LogP contribution is 2.40. The Kier molecular flexibility index (Phi) is 5.26. The lowest BCUT2D eigenvalue weighted by Crippen LogP contribution is -2.36. The summed E-state index contributed by atoms with van der Waals surface area (Å²) in [5, 5.41) is 0.743. The molecule has 2 unspecified atom stereocenters. The van der Waals surface area contributed by atoms with Crippen LogP contribution in [0.3, 0.4) is 0 Å². The number of allylic oxidation sites excluding steroid dienone is 1. The van der Waals surface area contributed by atoms with Gasteiger partial charge in [-0.25, -0.2) is 9.78 Å². The van der Waals surface area contributed by atoms with Crippen LogP contribution >= 0.6 is 23.2 Å². The first-order chi connectivity index (χ1) is 12.8. The molecule has 1 aliphatic rings. The van der Waals surface area contributed by atoms with Crippen molar-refractivity contribution in [3.8, 4) is 0 Å². The molecule has 7 nitrogen and oxygen atoms in total. The van der Waals surface area contributed by atoms with Gasteiger partial charge in [0.2, 0.25) is 0 Å². The standard InChI is InChI=1S/C18H17Cl2N3O4/c1-8-13(17(24)26-3)15(14(9(2)22-8)18(25)27-4)12-6-21-16-11(20)5-10(19)7-23(12)16/h5-7,13,15H,1-4H3. The van der Waals surface area contributed by atoms with Crippen molar-refractivity contribution in [1.29, 1.82) is 0 Å². The zero-order valence-corrected chi connectivity index (χ0v) is 16.6. The summed E-state index contributed by atoms with van der Waals surface area (Å²) in [6.45, 7) is 3.41. The van der Waals surface area contributed by atoms with E-state index in [1.165, 1.54) is 14.2 Å².